The minimum Gasteiger partial charge on any atom is -0.304 e. The first-order valence-corrected chi connectivity index (χ1v) is 8.07. The molecule has 0 bridgehead atoms. The van der Waals surface area contributed by atoms with E-state index in [4.69, 9.17) is 0 Å². The van der Waals surface area contributed by atoms with Crippen LogP contribution in [0.5, 0.6) is 0 Å². The maximum atomic E-state index is 12.4. The SMILES string of the molecule is CC(=O)Nc1ncc(S(=O)(=O)N2CCN(C)CC2)s1. The number of amides is 1. The van der Waals surface area contributed by atoms with Gasteiger partial charge in [-0.3, -0.25) is 4.79 Å². The molecule has 2 heterocycles. The summed E-state index contributed by atoms with van der Waals surface area (Å²) in [6.07, 6.45) is 1.30. The van der Waals surface area contributed by atoms with Crippen LogP contribution in [0.15, 0.2) is 10.4 Å². The summed E-state index contributed by atoms with van der Waals surface area (Å²) in [5.41, 5.74) is 0. The Bertz CT molecular complexity index is 561. The number of carbonyl (C=O) groups excluding carboxylic acids is 1. The molecule has 0 atom stereocenters. The third kappa shape index (κ3) is 3.30. The van der Waals surface area contributed by atoms with Crippen molar-refractivity contribution in [2.75, 3.05) is 38.5 Å². The molecule has 1 aromatic rings. The van der Waals surface area contributed by atoms with E-state index in [0.29, 0.717) is 18.2 Å². The topological polar surface area (TPSA) is 82.6 Å². The lowest BCUT2D eigenvalue weighted by atomic mass is 10.4. The number of piperazine rings is 1. The maximum Gasteiger partial charge on any atom is 0.254 e. The molecule has 0 unspecified atom stereocenters. The fourth-order valence-electron chi connectivity index (χ4n) is 1.74. The Kier molecular flexibility index (Phi) is 4.19. The highest BCUT2D eigenvalue weighted by Gasteiger charge is 2.29. The molecule has 7 nitrogen and oxygen atoms in total. The number of nitrogens with one attached hydrogen (secondary N) is 1. The third-order valence-corrected chi connectivity index (χ3v) is 6.07. The molecule has 0 radical (unpaired) electrons. The number of hydrogen-bond donors (Lipinski definition) is 1. The zero-order chi connectivity index (χ0) is 14.0. The van der Waals surface area contributed by atoms with Gasteiger partial charge in [0.2, 0.25) is 5.91 Å². The van der Waals surface area contributed by atoms with Crippen molar-refractivity contribution in [3.05, 3.63) is 6.20 Å². The van der Waals surface area contributed by atoms with E-state index in [-0.39, 0.29) is 10.1 Å². The standard InChI is InChI=1S/C10H16N4O3S2/c1-8(15)12-10-11-7-9(18-10)19(16,17)14-5-3-13(2)4-6-14/h7H,3-6H2,1-2H3,(H,11,12,15). The van der Waals surface area contributed by atoms with E-state index in [1.165, 1.54) is 17.4 Å². The van der Waals surface area contributed by atoms with Crippen LogP contribution in [-0.4, -0.2) is 61.7 Å². The fourth-order valence-corrected chi connectivity index (χ4v) is 4.40. The van der Waals surface area contributed by atoms with Crippen LogP contribution in [0.25, 0.3) is 0 Å². The molecule has 1 saturated heterocycles. The zero-order valence-electron chi connectivity index (χ0n) is 10.8. The summed E-state index contributed by atoms with van der Waals surface area (Å²) in [5, 5.41) is 2.79. The van der Waals surface area contributed by atoms with Gasteiger partial charge in [0.1, 0.15) is 0 Å². The number of nitrogens with zero attached hydrogens (tertiary/aromatic N) is 3. The molecule has 1 N–H and O–H groups in total. The summed E-state index contributed by atoms with van der Waals surface area (Å²) in [5.74, 6) is -0.266. The molecule has 0 aromatic carbocycles. The fraction of sp³-hybridized carbons (Fsp3) is 0.600. The highest BCUT2D eigenvalue weighted by Crippen LogP contribution is 2.26. The van der Waals surface area contributed by atoms with Crippen molar-refractivity contribution in [3.8, 4) is 0 Å². The predicted molar refractivity (Wildman–Crippen MR) is 72.7 cm³/mol. The van der Waals surface area contributed by atoms with Crippen LogP contribution in [0.3, 0.4) is 0 Å². The lowest BCUT2D eigenvalue weighted by molar-refractivity contribution is -0.114. The van der Waals surface area contributed by atoms with E-state index < -0.39 is 10.0 Å². The van der Waals surface area contributed by atoms with E-state index in [1.807, 2.05) is 7.05 Å². The van der Waals surface area contributed by atoms with Gasteiger partial charge in [-0.25, -0.2) is 13.4 Å². The van der Waals surface area contributed by atoms with Crippen molar-refractivity contribution >= 4 is 32.4 Å². The number of aromatic nitrogens is 1. The van der Waals surface area contributed by atoms with Gasteiger partial charge in [0.15, 0.2) is 9.34 Å². The lowest BCUT2D eigenvalue weighted by Gasteiger charge is -2.30. The average Bonchev–Trinajstić information content (AvgIpc) is 2.78. The highest BCUT2D eigenvalue weighted by molar-refractivity contribution is 7.91. The predicted octanol–water partition coefficient (Wildman–Crippen LogP) is 0.0376. The number of likely N-dealkylation sites (N-methyl/N-ethyl adjacent to an activating group) is 1. The molecule has 9 heteroatoms. The van der Waals surface area contributed by atoms with Crippen LogP contribution in [0.1, 0.15) is 6.92 Å². The van der Waals surface area contributed by atoms with Crippen molar-refractivity contribution in [2.24, 2.45) is 0 Å². The molecule has 1 aliphatic heterocycles. The lowest BCUT2D eigenvalue weighted by Crippen LogP contribution is -2.46. The molecular weight excluding hydrogens is 288 g/mol. The van der Waals surface area contributed by atoms with Crippen molar-refractivity contribution in [1.29, 1.82) is 0 Å². The molecule has 0 saturated carbocycles. The van der Waals surface area contributed by atoms with Crippen molar-refractivity contribution in [2.45, 2.75) is 11.1 Å². The van der Waals surface area contributed by atoms with Crippen LogP contribution < -0.4 is 5.32 Å². The summed E-state index contributed by atoms with van der Waals surface area (Å²) >= 11 is 0.976. The number of carbonyl (C=O) groups is 1. The van der Waals surface area contributed by atoms with Gasteiger partial charge >= 0.3 is 0 Å². The number of hydrogen-bond acceptors (Lipinski definition) is 6. The van der Waals surface area contributed by atoms with E-state index in [1.54, 1.807) is 0 Å². The molecule has 19 heavy (non-hydrogen) atoms. The molecule has 1 aliphatic rings. The smallest absolute Gasteiger partial charge is 0.254 e. The van der Waals surface area contributed by atoms with E-state index in [9.17, 15) is 13.2 Å². The number of thiazole rings is 1. The van der Waals surface area contributed by atoms with Crippen molar-refractivity contribution in [1.82, 2.24) is 14.2 Å². The Morgan fingerprint density at radius 1 is 1.37 bits per heavy atom. The first kappa shape index (κ1) is 14.4. The Morgan fingerprint density at radius 2 is 2.00 bits per heavy atom. The Hall–Kier alpha value is -1.03. The molecular formula is C10H16N4O3S2. The number of sulfonamides is 1. The van der Waals surface area contributed by atoms with Crippen LogP contribution >= 0.6 is 11.3 Å². The molecule has 1 fully saturated rings. The van der Waals surface area contributed by atoms with Gasteiger partial charge in [-0.15, -0.1) is 0 Å². The van der Waals surface area contributed by atoms with E-state index >= 15 is 0 Å². The van der Waals surface area contributed by atoms with Gasteiger partial charge in [-0.1, -0.05) is 11.3 Å². The Morgan fingerprint density at radius 3 is 2.58 bits per heavy atom. The maximum absolute atomic E-state index is 12.4. The summed E-state index contributed by atoms with van der Waals surface area (Å²) in [4.78, 5) is 16.9. The second kappa shape index (κ2) is 5.53. The third-order valence-electron chi connectivity index (χ3n) is 2.82. The summed E-state index contributed by atoms with van der Waals surface area (Å²) in [6, 6.07) is 0. The van der Waals surface area contributed by atoms with Crippen LogP contribution in [-0.2, 0) is 14.8 Å². The second-order valence-corrected chi connectivity index (χ2v) is 7.57. The molecule has 0 spiro atoms. The highest BCUT2D eigenvalue weighted by atomic mass is 32.2. The molecule has 0 aliphatic carbocycles. The Labute approximate surface area is 116 Å². The molecule has 1 aromatic heterocycles. The van der Waals surface area contributed by atoms with Gasteiger partial charge in [-0.2, -0.15) is 4.31 Å². The first-order chi connectivity index (χ1) is 8.89. The number of anilines is 1. The van der Waals surface area contributed by atoms with E-state index in [0.717, 1.165) is 24.4 Å². The molecule has 106 valence electrons. The average molecular weight is 304 g/mol. The molecule has 2 rings (SSSR count). The number of rotatable bonds is 3. The van der Waals surface area contributed by atoms with Gasteiger partial charge < -0.3 is 10.2 Å². The summed E-state index contributed by atoms with van der Waals surface area (Å²) in [7, 11) is -1.53. The van der Waals surface area contributed by atoms with E-state index in [2.05, 4.69) is 15.2 Å². The van der Waals surface area contributed by atoms with Crippen LogP contribution in [0.2, 0.25) is 0 Å². The zero-order valence-corrected chi connectivity index (χ0v) is 12.4. The van der Waals surface area contributed by atoms with Crippen LogP contribution in [0.4, 0.5) is 5.13 Å². The van der Waals surface area contributed by atoms with Gasteiger partial charge in [0.05, 0.1) is 6.20 Å². The monoisotopic (exact) mass is 304 g/mol. The van der Waals surface area contributed by atoms with Gasteiger partial charge in [-0.05, 0) is 7.05 Å². The van der Waals surface area contributed by atoms with Crippen molar-refractivity contribution < 1.29 is 13.2 Å². The van der Waals surface area contributed by atoms with Crippen LogP contribution in [0, 0.1) is 0 Å². The molecule has 1 amide bonds. The Balaban J connectivity index is 2.15. The largest absolute Gasteiger partial charge is 0.304 e. The quantitative estimate of drug-likeness (QED) is 0.852. The first-order valence-electron chi connectivity index (χ1n) is 5.82. The van der Waals surface area contributed by atoms with Gasteiger partial charge in [0.25, 0.3) is 10.0 Å². The normalized spacial score (nSPS) is 18.4. The minimum atomic E-state index is -3.49. The van der Waals surface area contributed by atoms with Crippen molar-refractivity contribution in [3.63, 3.8) is 0 Å². The summed E-state index contributed by atoms with van der Waals surface area (Å²) < 4.78 is 26.3. The summed E-state index contributed by atoms with van der Waals surface area (Å²) in [6.45, 7) is 3.75. The van der Waals surface area contributed by atoms with Gasteiger partial charge in [0, 0.05) is 33.1 Å². The second-order valence-electron chi connectivity index (χ2n) is 4.37. The minimum absolute atomic E-state index is 0.167.